The van der Waals surface area contributed by atoms with E-state index in [0.717, 1.165) is 19.6 Å². The van der Waals surface area contributed by atoms with Crippen molar-refractivity contribution >= 4 is 0 Å². The average Bonchev–Trinajstić information content (AvgIpc) is 2.56. The number of likely N-dealkylation sites (tertiary alicyclic amines) is 1. The molecule has 1 aliphatic heterocycles. The van der Waals surface area contributed by atoms with Crippen LogP contribution in [0.1, 0.15) is 33.1 Å². The summed E-state index contributed by atoms with van der Waals surface area (Å²) in [5.74, 6) is 0. The van der Waals surface area contributed by atoms with Gasteiger partial charge in [0, 0.05) is 12.6 Å². The van der Waals surface area contributed by atoms with Crippen molar-refractivity contribution in [1.29, 1.82) is 0 Å². The first-order valence-electron chi connectivity index (χ1n) is 5.16. The van der Waals surface area contributed by atoms with E-state index >= 15 is 0 Å². The van der Waals surface area contributed by atoms with Crippen molar-refractivity contribution < 1.29 is 4.74 Å². The molecule has 0 aromatic rings. The Morgan fingerprint density at radius 2 is 2.00 bits per heavy atom. The van der Waals surface area contributed by atoms with E-state index in [2.05, 4.69) is 18.7 Å². The lowest BCUT2D eigenvalue weighted by molar-refractivity contribution is 0.0767. The summed E-state index contributed by atoms with van der Waals surface area (Å²) in [6.07, 6.45) is 3.88. The minimum atomic E-state index is 0.624. The summed E-state index contributed by atoms with van der Waals surface area (Å²) in [7, 11) is 0. The van der Waals surface area contributed by atoms with Gasteiger partial charge in [-0.25, -0.2) is 0 Å². The van der Waals surface area contributed by atoms with Crippen molar-refractivity contribution in [2.45, 2.75) is 39.2 Å². The number of hydrogen-bond donors (Lipinski definition) is 0. The highest BCUT2D eigenvalue weighted by Crippen LogP contribution is 2.11. The third-order valence-electron chi connectivity index (χ3n) is 2.47. The molecule has 0 spiro atoms. The summed E-state index contributed by atoms with van der Waals surface area (Å²) in [5, 5.41) is 0. The molecule has 2 nitrogen and oxygen atoms in total. The van der Waals surface area contributed by atoms with Crippen LogP contribution < -0.4 is 0 Å². The van der Waals surface area contributed by atoms with Gasteiger partial charge in [0.15, 0.2) is 0 Å². The maximum absolute atomic E-state index is 5.52. The van der Waals surface area contributed by atoms with Gasteiger partial charge >= 0.3 is 0 Å². The Morgan fingerprint density at radius 1 is 1.33 bits per heavy atom. The molecule has 0 aromatic carbocycles. The van der Waals surface area contributed by atoms with Crippen LogP contribution in [0, 0.1) is 0 Å². The first-order valence-corrected chi connectivity index (χ1v) is 5.16. The Morgan fingerprint density at radius 3 is 2.58 bits per heavy atom. The van der Waals surface area contributed by atoms with Gasteiger partial charge in [-0.1, -0.05) is 6.92 Å². The van der Waals surface area contributed by atoms with Gasteiger partial charge < -0.3 is 4.74 Å². The highest BCUT2D eigenvalue weighted by molar-refractivity contribution is 4.72. The van der Waals surface area contributed by atoms with Crippen molar-refractivity contribution in [3.05, 3.63) is 0 Å². The molecule has 1 aliphatic rings. The standard InChI is InChI=1S/C10H21NO/c1-3-8-12-9-10(2)11-6-4-5-7-11/h10H,3-9H2,1-2H3. The minimum Gasteiger partial charge on any atom is -0.380 e. The van der Waals surface area contributed by atoms with E-state index in [4.69, 9.17) is 4.74 Å². The van der Waals surface area contributed by atoms with E-state index in [-0.39, 0.29) is 0 Å². The van der Waals surface area contributed by atoms with Gasteiger partial charge in [0.2, 0.25) is 0 Å². The van der Waals surface area contributed by atoms with Gasteiger partial charge in [-0.15, -0.1) is 0 Å². The number of rotatable bonds is 5. The van der Waals surface area contributed by atoms with Gasteiger partial charge in [0.25, 0.3) is 0 Å². The maximum atomic E-state index is 5.52. The van der Waals surface area contributed by atoms with Crippen LogP contribution in [0.4, 0.5) is 0 Å². The fourth-order valence-electron chi connectivity index (χ4n) is 1.69. The quantitative estimate of drug-likeness (QED) is 0.586. The highest BCUT2D eigenvalue weighted by atomic mass is 16.5. The largest absolute Gasteiger partial charge is 0.380 e. The van der Waals surface area contributed by atoms with Crippen LogP contribution in [0.5, 0.6) is 0 Å². The lowest BCUT2D eigenvalue weighted by atomic mass is 10.3. The normalized spacial score (nSPS) is 21.5. The molecule has 0 aliphatic carbocycles. The highest BCUT2D eigenvalue weighted by Gasteiger charge is 2.17. The van der Waals surface area contributed by atoms with E-state index < -0.39 is 0 Å². The van der Waals surface area contributed by atoms with E-state index in [1.165, 1.54) is 25.9 Å². The van der Waals surface area contributed by atoms with Crippen LogP contribution in [-0.4, -0.2) is 37.2 Å². The molecule has 2 heteroatoms. The molecule has 1 rings (SSSR count). The van der Waals surface area contributed by atoms with Crippen LogP contribution in [-0.2, 0) is 4.74 Å². The fourth-order valence-corrected chi connectivity index (χ4v) is 1.69. The van der Waals surface area contributed by atoms with E-state index in [1.54, 1.807) is 0 Å². The third kappa shape index (κ3) is 3.11. The molecule has 1 saturated heterocycles. The molecule has 72 valence electrons. The van der Waals surface area contributed by atoms with Crippen molar-refractivity contribution in [2.75, 3.05) is 26.3 Å². The molecule has 0 aromatic heterocycles. The van der Waals surface area contributed by atoms with Gasteiger partial charge in [-0.05, 0) is 39.3 Å². The van der Waals surface area contributed by atoms with E-state index in [9.17, 15) is 0 Å². The zero-order chi connectivity index (χ0) is 8.81. The Labute approximate surface area is 75.9 Å². The first kappa shape index (κ1) is 10.0. The third-order valence-corrected chi connectivity index (χ3v) is 2.47. The molecule has 0 radical (unpaired) electrons. The summed E-state index contributed by atoms with van der Waals surface area (Å²) in [6, 6.07) is 0.624. The smallest absolute Gasteiger partial charge is 0.0619 e. The van der Waals surface area contributed by atoms with Gasteiger partial charge in [-0.2, -0.15) is 0 Å². The summed E-state index contributed by atoms with van der Waals surface area (Å²) in [6.45, 7) is 8.79. The lowest BCUT2D eigenvalue weighted by Crippen LogP contribution is -2.33. The summed E-state index contributed by atoms with van der Waals surface area (Å²) < 4.78 is 5.52. The fraction of sp³-hybridized carbons (Fsp3) is 1.00. The van der Waals surface area contributed by atoms with Crippen molar-refractivity contribution in [1.82, 2.24) is 4.90 Å². The second-order valence-electron chi connectivity index (χ2n) is 3.67. The molecule has 12 heavy (non-hydrogen) atoms. The van der Waals surface area contributed by atoms with Gasteiger partial charge in [0.05, 0.1) is 6.61 Å². The van der Waals surface area contributed by atoms with E-state index in [1.807, 2.05) is 0 Å². The Hall–Kier alpha value is -0.0800. The van der Waals surface area contributed by atoms with Gasteiger partial charge in [-0.3, -0.25) is 4.90 Å². The van der Waals surface area contributed by atoms with E-state index in [0.29, 0.717) is 6.04 Å². The predicted octanol–water partition coefficient (Wildman–Crippen LogP) is 1.90. The monoisotopic (exact) mass is 171 g/mol. The topological polar surface area (TPSA) is 12.5 Å². The molecule has 1 heterocycles. The summed E-state index contributed by atoms with van der Waals surface area (Å²) in [5.41, 5.74) is 0. The predicted molar refractivity (Wildman–Crippen MR) is 51.4 cm³/mol. The second kappa shape index (κ2) is 5.55. The molecule has 0 N–H and O–H groups in total. The molecular weight excluding hydrogens is 150 g/mol. The molecule has 1 fully saturated rings. The molecule has 0 bridgehead atoms. The lowest BCUT2D eigenvalue weighted by Gasteiger charge is -2.23. The zero-order valence-electron chi connectivity index (χ0n) is 8.38. The van der Waals surface area contributed by atoms with Crippen LogP contribution in [0.15, 0.2) is 0 Å². The molecule has 0 saturated carbocycles. The summed E-state index contributed by atoms with van der Waals surface area (Å²) in [4.78, 5) is 2.52. The molecule has 0 amide bonds. The van der Waals surface area contributed by atoms with Crippen LogP contribution in [0.2, 0.25) is 0 Å². The number of ether oxygens (including phenoxy) is 1. The van der Waals surface area contributed by atoms with Crippen molar-refractivity contribution in [3.63, 3.8) is 0 Å². The molecular formula is C10H21NO. The molecule has 1 atom stereocenters. The number of nitrogens with zero attached hydrogens (tertiary/aromatic N) is 1. The van der Waals surface area contributed by atoms with Crippen LogP contribution in [0.3, 0.4) is 0 Å². The SMILES string of the molecule is CCCOCC(C)N1CCCC1. The summed E-state index contributed by atoms with van der Waals surface area (Å²) >= 11 is 0. The Kier molecular flexibility index (Phi) is 4.62. The zero-order valence-corrected chi connectivity index (χ0v) is 8.38. The van der Waals surface area contributed by atoms with Gasteiger partial charge in [0.1, 0.15) is 0 Å². The Bertz CT molecular complexity index is 110. The number of hydrogen-bond acceptors (Lipinski definition) is 2. The van der Waals surface area contributed by atoms with Crippen LogP contribution >= 0.6 is 0 Å². The van der Waals surface area contributed by atoms with Crippen molar-refractivity contribution in [3.8, 4) is 0 Å². The minimum absolute atomic E-state index is 0.624. The second-order valence-corrected chi connectivity index (χ2v) is 3.67. The van der Waals surface area contributed by atoms with Crippen LogP contribution in [0.25, 0.3) is 0 Å². The average molecular weight is 171 g/mol. The molecule has 1 unspecified atom stereocenters. The maximum Gasteiger partial charge on any atom is 0.0619 e. The van der Waals surface area contributed by atoms with Crippen molar-refractivity contribution in [2.24, 2.45) is 0 Å². The first-order chi connectivity index (χ1) is 5.84. The Balaban J connectivity index is 2.05.